The average molecular weight is 361 g/mol. The standard InChI is InChI=1S/C15H12BrF3O2/c1-20-14-3-2-9(4-11(14)17)8-21-15-12(18)5-10(7-16)6-13(15)19/h2-6H,7-8H2,1H3. The zero-order valence-corrected chi connectivity index (χ0v) is 12.7. The van der Waals surface area contributed by atoms with Gasteiger partial charge in [0.1, 0.15) is 6.61 Å². The molecule has 112 valence electrons. The monoisotopic (exact) mass is 360 g/mol. The Balaban J connectivity index is 2.15. The van der Waals surface area contributed by atoms with E-state index < -0.39 is 23.2 Å². The molecule has 0 spiro atoms. The minimum Gasteiger partial charge on any atom is -0.494 e. The fourth-order valence-electron chi connectivity index (χ4n) is 1.78. The van der Waals surface area contributed by atoms with Crippen molar-refractivity contribution in [3.05, 3.63) is 58.9 Å². The van der Waals surface area contributed by atoms with E-state index in [1.54, 1.807) is 6.07 Å². The SMILES string of the molecule is COc1ccc(COc2c(F)cc(CBr)cc2F)cc1F. The van der Waals surface area contributed by atoms with Gasteiger partial charge in [0.05, 0.1) is 7.11 Å². The molecule has 2 nitrogen and oxygen atoms in total. The second-order valence-corrected chi connectivity index (χ2v) is 4.84. The Morgan fingerprint density at radius 1 is 0.952 bits per heavy atom. The molecule has 0 atom stereocenters. The molecule has 0 unspecified atom stereocenters. The molecule has 2 aromatic rings. The van der Waals surface area contributed by atoms with Crippen molar-refractivity contribution in [3.63, 3.8) is 0 Å². The van der Waals surface area contributed by atoms with Crippen molar-refractivity contribution in [1.82, 2.24) is 0 Å². The molecule has 6 heteroatoms. The lowest BCUT2D eigenvalue weighted by Gasteiger charge is -2.10. The third kappa shape index (κ3) is 3.69. The normalized spacial score (nSPS) is 10.5. The molecule has 2 rings (SSSR count). The van der Waals surface area contributed by atoms with Crippen LogP contribution in [0.5, 0.6) is 11.5 Å². The number of ether oxygens (including phenoxy) is 2. The van der Waals surface area contributed by atoms with E-state index in [4.69, 9.17) is 9.47 Å². The molecule has 0 fully saturated rings. The summed E-state index contributed by atoms with van der Waals surface area (Å²) in [5.41, 5.74) is 0.907. The fraction of sp³-hybridized carbons (Fsp3) is 0.200. The summed E-state index contributed by atoms with van der Waals surface area (Å²) in [5.74, 6) is -2.53. The molecule has 21 heavy (non-hydrogen) atoms. The van der Waals surface area contributed by atoms with Gasteiger partial charge in [-0.1, -0.05) is 22.0 Å². The van der Waals surface area contributed by atoms with E-state index in [-0.39, 0.29) is 12.4 Å². The molecule has 2 aromatic carbocycles. The molecular formula is C15H12BrF3O2. The quantitative estimate of drug-likeness (QED) is 0.726. The molecule has 0 aliphatic heterocycles. The maximum absolute atomic E-state index is 13.7. The van der Waals surface area contributed by atoms with Gasteiger partial charge >= 0.3 is 0 Å². The van der Waals surface area contributed by atoms with Gasteiger partial charge in [0.25, 0.3) is 0 Å². The van der Waals surface area contributed by atoms with Crippen LogP contribution in [0.2, 0.25) is 0 Å². The largest absolute Gasteiger partial charge is 0.494 e. The Hall–Kier alpha value is -1.69. The summed E-state index contributed by atoms with van der Waals surface area (Å²) >= 11 is 3.12. The molecule has 0 heterocycles. The third-order valence-electron chi connectivity index (χ3n) is 2.81. The van der Waals surface area contributed by atoms with Crippen LogP contribution in [-0.4, -0.2) is 7.11 Å². The Morgan fingerprint density at radius 3 is 2.10 bits per heavy atom. The molecular weight excluding hydrogens is 349 g/mol. The van der Waals surface area contributed by atoms with Crippen molar-refractivity contribution in [2.75, 3.05) is 7.11 Å². The number of halogens is 4. The van der Waals surface area contributed by atoms with Crippen LogP contribution in [-0.2, 0) is 11.9 Å². The summed E-state index contributed by atoms with van der Waals surface area (Å²) in [7, 11) is 1.35. The van der Waals surface area contributed by atoms with Crippen molar-refractivity contribution in [2.24, 2.45) is 0 Å². The van der Waals surface area contributed by atoms with Gasteiger partial charge in [-0.2, -0.15) is 0 Å². The van der Waals surface area contributed by atoms with Gasteiger partial charge in [-0.05, 0) is 35.4 Å². The molecule has 0 N–H and O–H groups in total. The predicted molar refractivity (Wildman–Crippen MR) is 76.3 cm³/mol. The lowest BCUT2D eigenvalue weighted by Crippen LogP contribution is -2.01. The van der Waals surface area contributed by atoms with Gasteiger partial charge < -0.3 is 9.47 Å². The van der Waals surface area contributed by atoms with Crippen molar-refractivity contribution in [3.8, 4) is 11.5 Å². The van der Waals surface area contributed by atoms with Crippen LogP contribution in [0.3, 0.4) is 0 Å². The topological polar surface area (TPSA) is 18.5 Å². The van der Waals surface area contributed by atoms with Crippen LogP contribution in [0.15, 0.2) is 30.3 Å². The number of hydrogen-bond acceptors (Lipinski definition) is 2. The van der Waals surface area contributed by atoms with Crippen LogP contribution in [0.1, 0.15) is 11.1 Å². The van der Waals surface area contributed by atoms with E-state index in [2.05, 4.69) is 15.9 Å². The van der Waals surface area contributed by atoms with Gasteiger partial charge in [0.2, 0.25) is 0 Å². The third-order valence-corrected chi connectivity index (χ3v) is 3.46. The first-order valence-electron chi connectivity index (χ1n) is 6.04. The molecule has 0 saturated carbocycles. The maximum Gasteiger partial charge on any atom is 0.191 e. The predicted octanol–water partition coefficient (Wildman–Crippen LogP) is 4.59. The van der Waals surface area contributed by atoms with Crippen LogP contribution in [0.4, 0.5) is 13.2 Å². The minimum absolute atomic E-state index is 0.0952. The van der Waals surface area contributed by atoms with E-state index in [1.165, 1.54) is 31.4 Å². The number of rotatable bonds is 5. The smallest absolute Gasteiger partial charge is 0.191 e. The Labute approximate surface area is 128 Å². The molecule has 0 radical (unpaired) electrons. The van der Waals surface area contributed by atoms with Crippen LogP contribution < -0.4 is 9.47 Å². The zero-order valence-electron chi connectivity index (χ0n) is 11.1. The summed E-state index contributed by atoms with van der Waals surface area (Å²) in [6.45, 7) is -0.150. The lowest BCUT2D eigenvalue weighted by molar-refractivity contribution is 0.273. The van der Waals surface area contributed by atoms with Gasteiger partial charge in [-0.25, -0.2) is 13.2 Å². The Bertz CT molecular complexity index is 624. The Kier molecular flexibility index (Phi) is 5.12. The number of alkyl halides is 1. The first-order valence-corrected chi connectivity index (χ1v) is 7.16. The summed E-state index contributed by atoms with van der Waals surface area (Å²) in [5, 5.41) is 0.338. The van der Waals surface area contributed by atoms with E-state index in [1.807, 2.05) is 0 Å². The molecule has 0 aliphatic carbocycles. The second kappa shape index (κ2) is 6.85. The summed E-state index contributed by atoms with van der Waals surface area (Å²) in [6.07, 6.45) is 0. The second-order valence-electron chi connectivity index (χ2n) is 4.28. The van der Waals surface area contributed by atoms with Crippen molar-refractivity contribution in [1.29, 1.82) is 0 Å². The van der Waals surface area contributed by atoms with Gasteiger partial charge in [-0.3, -0.25) is 0 Å². The van der Waals surface area contributed by atoms with Gasteiger partial charge in [0, 0.05) is 5.33 Å². The average Bonchev–Trinajstić information content (AvgIpc) is 2.46. The first kappa shape index (κ1) is 15.7. The van der Waals surface area contributed by atoms with Crippen LogP contribution >= 0.6 is 15.9 Å². The summed E-state index contributed by atoms with van der Waals surface area (Å²) in [6, 6.07) is 6.55. The first-order chi connectivity index (χ1) is 10.0. The van der Waals surface area contributed by atoms with E-state index >= 15 is 0 Å². The zero-order chi connectivity index (χ0) is 15.4. The number of hydrogen-bond donors (Lipinski definition) is 0. The molecule has 0 aromatic heterocycles. The highest BCUT2D eigenvalue weighted by Gasteiger charge is 2.13. The van der Waals surface area contributed by atoms with Crippen molar-refractivity contribution in [2.45, 2.75) is 11.9 Å². The van der Waals surface area contributed by atoms with Crippen LogP contribution in [0.25, 0.3) is 0 Å². The lowest BCUT2D eigenvalue weighted by atomic mass is 10.2. The highest BCUT2D eigenvalue weighted by atomic mass is 79.9. The summed E-state index contributed by atoms with van der Waals surface area (Å²) < 4.78 is 50.8. The van der Waals surface area contributed by atoms with Crippen molar-refractivity contribution < 1.29 is 22.6 Å². The van der Waals surface area contributed by atoms with E-state index in [0.29, 0.717) is 16.5 Å². The maximum atomic E-state index is 13.7. The molecule has 0 amide bonds. The number of methoxy groups -OCH3 is 1. The van der Waals surface area contributed by atoms with Gasteiger partial charge in [-0.15, -0.1) is 0 Å². The number of benzene rings is 2. The van der Waals surface area contributed by atoms with Crippen LogP contribution in [0, 0.1) is 17.5 Å². The Morgan fingerprint density at radius 2 is 1.57 bits per heavy atom. The molecule has 0 saturated heterocycles. The van der Waals surface area contributed by atoms with E-state index in [9.17, 15) is 13.2 Å². The van der Waals surface area contributed by atoms with E-state index in [0.717, 1.165) is 0 Å². The highest BCUT2D eigenvalue weighted by molar-refractivity contribution is 9.08. The molecule has 0 bridgehead atoms. The fourth-order valence-corrected chi connectivity index (χ4v) is 2.11. The van der Waals surface area contributed by atoms with Crippen molar-refractivity contribution >= 4 is 15.9 Å². The molecule has 0 aliphatic rings. The summed E-state index contributed by atoms with van der Waals surface area (Å²) in [4.78, 5) is 0. The minimum atomic E-state index is -0.793. The highest BCUT2D eigenvalue weighted by Crippen LogP contribution is 2.26. The van der Waals surface area contributed by atoms with Gasteiger partial charge in [0.15, 0.2) is 29.0 Å².